The van der Waals surface area contributed by atoms with Crippen molar-refractivity contribution in [1.82, 2.24) is 5.32 Å². The third-order valence-electron chi connectivity index (χ3n) is 3.50. The number of carbonyl (C=O) groups excluding carboxylic acids is 2. The van der Waals surface area contributed by atoms with Crippen molar-refractivity contribution < 1.29 is 14.0 Å². The molecule has 0 aliphatic heterocycles. The third kappa shape index (κ3) is 3.40. The highest BCUT2D eigenvalue weighted by molar-refractivity contribution is 6.04. The Morgan fingerprint density at radius 2 is 1.78 bits per heavy atom. The van der Waals surface area contributed by atoms with Crippen LogP contribution in [-0.2, 0) is 11.2 Å². The molecule has 0 saturated heterocycles. The first kappa shape index (κ1) is 14.8. The van der Waals surface area contributed by atoms with Gasteiger partial charge in [0, 0.05) is 18.1 Å². The summed E-state index contributed by atoms with van der Waals surface area (Å²) >= 11 is 0. The summed E-state index contributed by atoms with van der Waals surface area (Å²) in [6, 6.07) is 16.3. The summed E-state index contributed by atoms with van der Waals surface area (Å²) in [6.45, 7) is 0. The topological polar surface area (TPSA) is 71.3 Å². The number of para-hydroxylation sites is 1. The first-order chi connectivity index (χ1) is 11.2. The highest BCUT2D eigenvalue weighted by Crippen LogP contribution is 2.20. The van der Waals surface area contributed by atoms with Crippen LogP contribution in [0.3, 0.4) is 0 Å². The van der Waals surface area contributed by atoms with Crippen LogP contribution in [0.4, 0.5) is 5.69 Å². The highest BCUT2D eigenvalue weighted by Gasteiger charge is 2.12. The van der Waals surface area contributed by atoms with Crippen molar-refractivity contribution in [1.29, 1.82) is 0 Å². The Morgan fingerprint density at radius 3 is 2.48 bits per heavy atom. The standard InChI is InChI=1S/C18H16N2O3/c1-19-17(21)10-12-6-8-14(9-7-12)20-18(22)16-11-13-4-2-3-5-15(13)23-16/h2-9,11H,10H2,1H3,(H,19,21)(H,20,22). The van der Waals surface area contributed by atoms with E-state index in [4.69, 9.17) is 4.42 Å². The molecule has 1 heterocycles. The first-order valence-corrected chi connectivity index (χ1v) is 7.25. The zero-order valence-electron chi connectivity index (χ0n) is 12.6. The molecule has 0 unspecified atom stereocenters. The van der Waals surface area contributed by atoms with E-state index >= 15 is 0 Å². The number of carbonyl (C=O) groups is 2. The van der Waals surface area contributed by atoms with E-state index in [0.29, 0.717) is 17.7 Å². The Labute approximate surface area is 133 Å². The molecule has 2 N–H and O–H groups in total. The molecule has 3 rings (SSSR count). The molecule has 5 nitrogen and oxygen atoms in total. The van der Waals surface area contributed by atoms with Crippen LogP contribution in [0.25, 0.3) is 11.0 Å². The zero-order valence-corrected chi connectivity index (χ0v) is 12.6. The molecule has 0 bridgehead atoms. The van der Waals surface area contributed by atoms with Crippen molar-refractivity contribution in [2.45, 2.75) is 6.42 Å². The van der Waals surface area contributed by atoms with Gasteiger partial charge in [0.25, 0.3) is 5.91 Å². The minimum absolute atomic E-state index is 0.0518. The minimum Gasteiger partial charge on any atom is -0.451 e. The van der Waals surface area contributed by atoms with E-state index in [0.717, 1.165) is 10.9 Å². The van der Waals surface area contributed by atoms with Gasteiger partial charge in [-0.15, -0.1) is 0 Å². The van der Waals surface area contributed by atoms with Gasteiger partial charge in [0.2, 0.25) is 5.91 Å². The molecule has 0 fully saturated rings. The molecular weight excluding hydrogens is 292 g/mol. The molecule has 0 aliphatic rings. The van der Waals surface area contributed by atoms with Gasteiger partial charge in [-0.2, -0.15) is 0 Å². The summed E-state index contributed by atoms with van der Waals surface area (Å²) in [4.78, 5) is 23.5. The van der Waals surface area contributed by atoms with E-state index in [1.54, 1.807) is 25.2 Å². The molecule has 0 radical (unpaired) electrons. The Balaban J connectivity index is 1.71. The predicted molar refractivity (Wildman–Crippen MR) is 88.4 cm³/mol. The number of furan rings is 1. The van der Waals surface area contributed by atoms with E-state index in [2.05, 4.69) is 10.6 Å². The fourth-order valence-electron chi connectivity index (χ4n) is 2.27. The van der Waals surface area contributed by atoms with Gasteiger partial charge in [0.05, 0.1) is 6.42 Å². The van der Waals surface area contributed by atoms with Gasteiger partial charge in [-0.25, -0.2) is 0 Å². The fourth-order valence-corrected chi connectivity index (χ4v) is 2.27. The third-order valence-corrected chi connectivity index (χ3v) is 3.50. The molecule has 2 amide bonds. The van der Waals surface area contributed by atoms with E-state index in [1.165, 1.54) is 0 Å². The monoisotopic (exact) mass is 308 g/mol. The van der Waals surface area contributed by atoms with E-state index in [9.17, 15) is 9.59 Å². The maximum Gasteiger partial charge on any atom is 0.291 e. The quantitative estimate of drug-likeness (QED) is 0.778. The van der Waals surface area contributed by atoms with Gasteiger partial charge in [-0.1, -0.05) is 30.3 Å². The summed E-state index contributed by atoms with van der Waals surface area (Å²) in [5.41, 5.74) is 2.21. The number of amides is 2. The number of nitrogens with one attached hydrogen (secondary N) is 2. The Hall–Kier alpha value is -3.08. The molecule has 23 heavy (non-hydrogen) atoms. The molecule has 116 valence electrons. The largest absolute Gasteiger partial charge is 0.451 e. The van der Waals surface area contributed by atoms with Gasteiger partial charge < -0.3 is 15.1 Å². The van der Waals surface area contributed by atoms with Crippen molar-refractivity contribution in [2.75, 3.05) is 12.4 Å². The maximum absolute atomic E-state index is 12.2. The number of likely N-dealkylation sites (N-methyl/N-ethyl adjacent to an activating group) is 1. The smallest absolute Gasteiger partial charge is 0.291 e. The molecule has 1 aromatic heterocycles. The van der Waals surface area contributed by atoms with E-state index in [-0.39, 0.29) is 17.6 Å². The van der Waals surface area contributed by atoms with Crippen molar-refractivity contribution in [3.63, 3.8) is 0 Å². The van der Waals surface area contributed by atoms with Crippen LogP contribution in [0, 0.1) is 0 Å². The van der Waals surface area contributed by atoms with Crippen molar-refractivity contribution in [3.8, 4) is 0 Å². The van der Waals surface area contributed by atoms with E-state index in [1.807, 2.05) is 36.4 Å². The van der Waals surface area contributed by atoms with Crippen LogP contribution in [0.1, 0.15) is 16.1 Å². The van der Waals surface area contributed by atoms with Gasteiger partial charge in [0.15, 0.2) is 5.76 Å². The summed E-state index contributed by atoms with van der Waals surface area (Å²) in [6.07, 6.45) is 0.314. The molecule has 2 aromatic carbocycles. The van der Waals surface area contributed by atoms with Crippen LogP contribution in [0.15, 0.2) is 59.0 Å². The number of anilines is 1. The lowest BCUT2D eigenvalue weighted by Crippen LogP contribution is -2.19. The fraction of sp³-hybridized carbons (Fsp3) is 0.111. The summed E-state index contributed by atoms with van der Waals surface area (Å²) in [5, 5.41) is 6.24. The highest BCUT2D eigenvalue weighted by atomic mass is 16.3. The molecule has 0 atom stereocenters. The van der Waals surface area contributed by atoms with Crippen LogP contribution < -0.4 is 10.6 Å². The first-order valence-electron chi connectivity index (χ1n) is 7.25. The van der Waals surface area contributed by atoms with E-state index < -0.39 is 0 Å². The number of hydrogen-bond donors (Lipinski definition) is 2. The summed E-state index contributed by atoms with van der Waals surface area (Å²) in [7, 11) is 1.60. The molecule has 5 heteroatoms. The zero-order chi connectivity index (χ0) is 16.2. The van der Waals surface area contributed by atoms with Gasteiger partial charge >= 0.3 is 0 Å². The number of fused-ring (bicyclic) bond motifs is 1. The molecule has 3 aromatic rings. The number of hydrogen-bond acceptors (Lipinski definition) is 3. The number of rotatable bonds is 4. The Morgan fingerprint density at radius 1 is 1.04 bits per heavy atom. The summed E-state index contributed by atoms with van der Waals surface area (Å²) in [5.74, 6) is -0.0926. The SMILES string of the molecule is CNC(=O)Cc1ccc(NC(=O)c2cc3ccccc3o2)cc1. The van der Waals surface area contributed by atoms with Gasteiger partial charge in [-0.3, -0.25) is 9.59 Å². The number of benzene rings is 2. The van der Waals surface area contributed by atoms with Crippen LogP contribution >= 0.6 is 0 Å². The molecule has 0 spiro atoms. The van der Waals surface area contributed by atoms with Crippen molar-refractivity contribution in [3.05, 3.63) is 65.9 Å². The normalized spacial score (nSPS) is 10.5. The second-order valence-corrected chi connectivity index (χ2v) is 5.15. The van der Waals surface area contributed by atoms with Gasteiger partial charge in [-0.05, 0) is 29.8 Å². The maximum atomic E-state index is 12.2. The summed E-state index contributed by atoms with van der Waals surface area (Å²) < 4.78 is 5.53. The second-order valence-electron chi connectivity index (χ2n) is 5.15. The lowest BCUT2D eigenvalue weighted by molar-refractivity contribution is -0.119. The van der Waals surface area contributed by atoms with Crippen molar-refractivity contribution >= 4 is 28.5 Å². The average Bonchev–Trinajstić information content (AvgIpc) is 3.00. The average molecular weight is 308 g/mol. The lowest BCUT2D eigenvalue weighted by Gasteiger charge is -2.05. The molecular formula is C18H16N2O3. The minimum atomic E-state index is -0.305. The Kier molecular flexibility index (Phi) is 4.10. The molecule has 0 saturated carbocycles. The van der Waals surface area contributed by atoms with Crippen LogP contribution in [-0.4, -0.2) is 18.9 Å². The van der Waals surface area contributed by atoms with Crippen LogP contribution in [0.5, 0.6) is 0 Å². The molecule has 0 aliphatic carbocycles. The van der Waals surface area contributed by atoms with Gasteiger partial charge in [0.1, 0.15) is 5.58 Å². The Bertz CT molecular complexity index is 817. The van der Waals surface area contributed by atoms with Crippen molar-refractivity contribution in [2.24, 2.45) is 0 Å². The lowest BCUT2D eigenvalue weighted by atomic mass is 10.1. The predicted octanol–water partition coefficient (Wildman–Crippen LogP) is 2.97. The second kappa shape index (κ2) is 6.36. The van der Waals surface area contributed by atoms with Crippen LogP contribution in [0.2, 0.25) is 0 Å².